The molecule has 1 aromatic carbocycles. The summed E-state index contributed by atoms with van der Waals surface area (Å²) in [5.41, 5.74) is 1.57. The van der Waals surface area contributed by atoms with E-state index < -0.39 is 5.82 Å². The second kappa shape index (κ2) is 9.41. The summed E-state index contributed by atoms with van der Waals surface area (Å²) in [6, 6.07) is 7.39. The number of amides is 1. The van der Waals surface area contributed by atoms with Crippen molar-refractivity contribution in [1.29, 1.82) is 0 Å². The number of hydrogen-bond donors (Lipinski definition) is 1. The van der Waals surface area contributed by atoms with E-state index in [1.807, 2.05) is 12.1 Å². The summed E-state index contributed by atoms with van der Waals surface area (Å²) in [5.74, 6) is -0.283. The highest BCUT2D eigenvalue weighted by Gasteiger charge is 2.27. The fraction of sp³-hybridized carbons (Fsp3) is 0.478. The van der Waals surface area contributed by atoms with E-state index in [4.69, 9.17) is 4.74 Å². The van der Waals surface area contributed by atoms with Crippen LogP contribution in [0.4, 0.5) is 16.0 Å². The average Bonchev–Trinajstić information content (AvgIpc) is 2.80. The molecule has 0 bridgehead atoms. The molecular weight excluding hydrogens is 399 g/mol. The Morgan fingerprint density at radius 3 is 2.77 bits per heavy atom. The van der Waals surface area contributed by atoms with E-state index >= 15 is 0 Å². The number of methoxy groups -OCH3 is 1. The number of halogens is 1. The fourth-order valence-corrected chi connectivity index (χ4v) is 4.36. The van der Waals surface area contributed by atoms with Gasteiger partial charge in [-0.05, 0) is 50.7 Å². The van der Waals surface area contributed by atoms with Gasteiger partial charge in [-0.2, -0.15) is 0 Å². The molecule has 0 atom stereocenters. The van der Waals surface area contributed by atoms with Gasteiger partial charge in [-0.25, -0.2) is 14.4 Å². The van der Waals surface area contributed by atoms with Crippen LogP contribution < -0.4 is 10.2 Å². The molecule has 1 aliphatic carbocycles. The van der Waals surface area contributed by atoms with Crippen molar-refractivity contribution >= 4 is 23.5 Å². The summed E-state index contributed by atoms with van der Waals surface area (Å²) in [4.78, 5) is 34.2. The van der Waals surface area contributed by atoms with E-state index in [9.17, 15) is 14.0 Å². The van der Waals surface area contributed by atoms with Crippen LogP contribution in [0.3, 0.4) is 0 Å². The number of piperidine rings is 1. The first-order chi connectivity index (χ1) is 15.0. The van der Waals surface area contributed by atoms with Gasteiger partial charge in [-0.1, -0.05) is 12.1 Å². The number of hydrogen-bond acceptors (Lipinski definition) is 6. The van der Waals surface area contributed by atoms with Gasteiger partial charge in [0.25, 0.3) is 0 Å². The van der Waals surface area contributed by atoms with Crippen molar-refractivity contribution in [2.75, 3.05) is 23.9 Å². The van der Waals surface area contributed by atoms with Gasteiger partial charge in [-0.3, -0.25) is 9.59 Å². The largest absolute Gasteiger partial charge is 0.469 e. The molecule has 1 saturated carbocycles. The van der Waals surface area contributed by atoms with E-state index in [-0.39, 0.29) is 29.5 Å². The van der Waals surface area contributed by atoms with Crippen LogP contribution in [0.15, 0.2) is 30.5 Å². The lowest BCUT2D eigenvalue weighted by atomic mass is 9.86. The molecule has 0 spiro atoms. The number of esters is 1. The third kappa shape index (κ3) is 4.84. The van der Waals surface area contributed by atoms with Gasteiger partial charge in [0.05, 0.1) is 19.2 Å². The summed E-state index contributed by atoms with van der Waals surface area (Å²) >= 11 is 0. The Labute approximate surface area is 181 Å². The SMILES string of the molecule is COC(=O)[C@H]1CC[C@H](Nc2ncc(F)c(-c3cccc(N4CCCCC4=O)c3)n2)CC1. The van der Waals surface area contributed by atoms with Crippen LogP contribution in [0, 0.1) is 11.7 Å². The van der Waals surface area contributed by atoms with Crippen LogP contribution in [0.2, 0.25) is 0 Å². The zero-order chi connectivity index (χ0) is 21.8. The Morgan fingerprint density at radius 1 is 1.23 bits per heavy atom. The van der Waals surface area contributed by atoms with Gasteiger partial charge in [0.1, 0.15) is 5.69 Å². The zero-order valence-corrected chi connectivity index (χ0v) is 17.6. The fourth-order valence-electron chi connectivity index (χ4n) is 4.36. The van der Waals surface area contributed by atoms with Crippen molar-refractivity contribution in [3.8, 4) is 11.3 Å². The molecule has 2 aromatic rings. The molecule has 0 unspecified atom stereocenters. The Bertz CT molecular complexity index is 960. The van der Waals surface area contributed by atoms with Gasteiger partial charge in [0.2, 0.25) is 11.9 Å². The van der Waals surface area contributed by atoms with E-state index in [0.29, 0.717) is 24.5 Å². The molecule has 7 nitrogen and oxygen atoms in total. The Hall–Kier alpha value is -3.03. The molecule has 0 radical (unpaired) electrons. The van der Waals surface area contributed by atoms with Crippen LogP contribution in [0.25, 0.3) is 11.3 Å². The van der Waals surface area contributed by atoms with E-state index in [1.54, 1.807) is 17.0 Å². The topological polar surface area (TPSA) is 84.4 Å². The van der Waals surface area contributed by atoms with Crippen LogP contribution in [0.5, 0.6) is 0 Å². The summed E-state index contributed by atoms with van der Waals surface area (Å²) in [5, 5.41) is 3.28. The van der Waals surface area contributed by atoms with Gasteiger partial charge < -0.3 is 15.0 Å². The van der Waals surface area contributed by atoms with E-state index in [2.05, 4.69) is 15.3 Å². The molecule has 2 fully saturated rings. The van der Waals surface area contributed by atoms with Crippen molar-refractivity contribution in [3.63, 3.8) is 0 Å². The lowest BCUT2D eigenvalue weighted by Gasteiger charge is -2.28. The average molecular weight is 426 g/mol. The third-order valence-corrected chi connectivity index (χ3v) is 6.09. The number of ether oxygens (including phenoxy) is 1. The van der Waals surface area contributed by atoms with Gasteiger partial charge >= 0.3 is 5.97 Å². The number of nitrogens with zero attached hydrogens (tertiary/aromatic N) is 3. The number of carbonyl (C=O) groups excluding carboxylic acids is 2. The van der Waals surface area contributed by atoms with Crippen molar-refractivity contribution < 1.29 is 18.7 Å². The first kappa shape index (κ1) is 21.2. The predicted octanol–water partition coefficient (Wildman–Crippen LogP) is 3.94. The van der Waals surface area contributed by atoms with Gasteiger partial charge in [0, 0.05) is 30.3 Å². The number of nitrogens with one attached hydrogen (secondary N) is 1. The van der Waals surface area contributed by atoms with Crippen molar-refractivity contribution in [2.24, 2.45) is 5.92 Å². The number of benzene rings is 1. The maximum absolute atomic E-state index is 14.6. The molecule has 1 amide bonds. The number of rotatable bonds is 5. The molecular formula is C23H27FN4O3. The quantitative estimate of drug-likeness (QED) is 0.729. The predicted molar refractivity (Wildman–Crippen MR) is 115 cm³/mol. The van der Waals surface area contributed by atoms with Crippen molar-refractivity contribution in [1.82, 2.24) is 9.97 Å². The molecule has 8 heteroatoms. The molecule has 164 valence electrons. The Kier molecular flexibility index (Phi) is 6.44. The molecule has 2 heterocycles. The normalized spacial score (nSPS) is 21.6. The monoisotopic (exact) mass is 426 g/mol. The number of carbonyl (C=O) groups is 2. The maximum Gasteiger partial charge on any atom is 0.308 e. The van der Waals surface area contributed by atoms with Gasteiger partial charge in [-0.15, -0.1) is 0 Å². The highest BCUT2D eigenvalue weighted by Crippen LogP contribution is 2.30. The minimum absolute atomic E-state index is 0.0621. The zero-order valence-electron chi connectivity index (χ0n) is 17.6. The minimum Gasteiger partial charge on any atom is -0.469 e. The number of anilines is 2. The molecule has 1 N–H and O–H groups in total. The molecule has 1 aromatic heterocycles. The summed E-state index contributed by atoms with van der Waals surface area (Å²) < 4.78 is 19.4. The summed E-state index contributed by atoms with van der Waals surface area (Å²) in [6.07, 6.45) is 6.65. The van der Waals surface area contributed by atoms with Crippen LogP contribution in [0.1, 0.15) is 44.9 Å². The smallest absolute Gasteiger partial charge is 0.308 e. The highest BCUT2D eigenvalue weighted by atomic mass is 19.1. The van der Waals surface area contributed by atoms with Crippen molar-refractivity contribution in [2.45, 2.75) is 51.0 Å². The Balaban J connectivity index is 1.49. The summed E-state index contributed by atoms with van der Waals surface area (Å²) in [7, 11) is 1.41. The first-order valence-corrected chi connectivity index (χ1v) is 10.8. The first-order valence-electron chi connectivity index (χ1n) is 10.8. The Morgan fingerprint density at radius 2 is 2.03 bits per heavy atom. The minimum atomic E-state index is -0.512. The molecule has 2 aliphatic rings. The molecule has 4 rings (SSSR count). The van der Waals surface area contributed by atoms with Crippen LogP contribution in [-0.2, 0) is 14.3 Å². The van der Waals surface area contributed by atoms with E-state index in [1.165, 1.54) is 13.3 Å². The molecule has 1 saturated heterocycles. The third-order valence-electron chi connectivity index (χ3n) is 6.09. The lowest BCUT2D eigenvalue weighted by molar-refractivity contribution is -0.146. The van der Waals surface area contributed by atoms with Crippen molar-refractivity contribution in [3.05, 3.63) is 36.3 Å². The second-order valence-electron chi connectivity index (χ2n) is 8.16. The maximum atomic E-state index is 14.6. The second-order valence-corrected chi connectivity index (χ2v) is 8.16. The molecule has 31 heavy (non-hydrogen) atoms. The van der Waals surface area contributed by atoms with Crippen LogP contribution in [-0.4, -0.2) is 41.5 Å². The number of aromatic nitrogens is 2. The lowest BCUT2D eigenvalue weighted by Crippen LogP contribution is -2.35. The van der Waals surface area contributed by atoms with Gasteiger partial charge in [0.15, 0.2) is 5.82 Å². The standard InChI is InChI=1S/C23H27FN4O3/c1-31-22(30)15-8-10-17(11-9-15)26-23-25-14-19(24)21(27-23)16-5-4-6-18(13-16)28-12-3-2-7-20(28)29/h4-6,13-15,17H,2-3,7-12H2,1H3,(H,25,26,27)/t15-,17-. The van der Waals surface area contributed by atoms with E-state index in [0.717, 1.165) is 44.2 Å². The molecule has 1 aliphatic heterocycles. The summed E-state index contributed by atoms with van der Waals surface area (Å²) in [6.45, 7) is 0.676. The van der Waals surface area contributed by atoms with Crippen LogP contribution >= 0.6 is 0 Å². The highest BCUT2D eigenvalue weighted by molar-refractivity contribution is 5.94.